The molecule has 0 bridgehead atoms. The summed E-state index contributed by atoms with van der Waals surface area (Å²) in [7, 11) is 1.30. The van der Waals surface area contributed by atoms with Gasteiger partial charge in [0.05, 0.1) is 41.5 Å². The Morgan fingerprint density at radius 2 is 1.97 bits per heavy atom. The number of nitrogens with zero attached hydrogens (tertiary/aromatic N) is 2. The molecule has 0 aliphatic rings. The first-order chi connectivity index (χ1) is 13.8. The molecule has 9 heteroatoms. The largest absolute Gasteiger partial charge is 0.394 e. The smallest absolute Gasteiger partial charge is 0.289 e. The molecule has 7 nitrogen and oxygen atoms in total. The lowest BCUT2D eigenvalue weighted by Gasteiger charge is -2.16. The number of hydrogen-bond donors (Lipinski definition) is 3. The molecule has 1 unspecified atom stereocenters. The van der Waals surface area contributed by atoms with Crippen molar-refractivity contribution < 1.29 is 19.0 Å². The van der Waals surface area contributed by atoms with Crippen molar-refractivity contribution in [3.63, 3.8) is 0 Å². The lowest BCUT2D eigenvalue weighted by Crippen LogP contribution is -2.31. The molecule has 3 N–H and O–H groups in total. The molecule has 0 spiro atoms. The van der Waals surface area contributed by atoms with Crippen LogP contribution in [0.25, 0.3) is 10.9 Å². The minimum absolute atomic E-state index is 0.110. The van der Waals surface area contributed by atoms with Crippen LogP contribution < -0.4 is 16.4 Å². The van der Waals surface area contributed by atoms with E-state index in [4.69, 9.17) is 11.5 Å². The molecule has 1 atom stereocenters. The van der Waals surface area contributed by atoms with Crippen molar-refractivity contribution in [2.75, 3.05) is 11.9 Å². The lowest BCUT2D eigenvalue weighted by atomic mass is 10.1. The summed E-state index contributed by atoms with van der Waals surface area (Å²) in [6.45, 7) is -0.829. The predicted octanol–water partition coefficient (Wildman–Crippen LogP) is 1.06. The van der Waals surface area contributed by atoms with Crippen LogP contribution in [0.15, 0.2) is 40.1 Å². The fourth-order valence-electron chi connectivity index (χ4n) is 2.94. The summed E-state index contributed by atoms with van der Waals surface area (Å²) in [5, 5.41) is 20.9. The average molecular weight is 401 g/mol. The molecule has 29 heavy (non-hydrogen) atoms. The third-order valence-electron chi connectivity index (χ3n) is 4.48. The van der Waals surface area contributed by atoms with Gasteiger partial charge < -0.3 is 24.7 Å². The zero-order chi connectivity index (χ0) is 21.3. The normalized spacial score (nSPS) is 12.0. The second-order valence-corrected chi connectivity index (χ2v) is 6.39. The molecule has 0 radical (unpaired) electrons. The number of fused-ring (bicyclic) bond motifs is 1. The topological polar surface area (TPSA) is 96.5 Å². The van der Waals surface area contributed by atoms with Gasteiger partial charge in [0, 0.05) is 18.8 Å². The maximum atomic E-state index is 14.8. The summed E-state index contributed by atoms with van der Waals surface area (Å²) in [6.07, 6.45) is 5.32. The van der Waals surface area contributed by atoms with Crippen LogP contribution >= 0.6 is 0 Å². The molecular formula is C20H17F2N3O4. The summed E-state index contributed by atoms with van der Waals surface area (Å²) in [5.74, 6) is 0.207. The van der Waals surface area contributed by atoms with E-state index in [1.807, 2.05) is 0 Å². The van der Waals surface area contributed by atoms with Crippen molar-refractivity contribution in [3.05, 3.63) is 68.4 Å². The molecule has 2 aromatic heterocycles. The van der Waals surface area contributed by atoms with Gasteiger partial charge in [0.1, 0.15) is 5.82 Å². The van der Waals surface area contributed by atoms with Gasteiger partial charge in [-0.1, -0.05) is 5.92 Å². The summed E-state index contributed by atoms with van der Waals surface area (Å²) in [4.78, 5) is 25.2. The highest BCUT2D eigenvalue weighted by molar-refractivity contribution is 5.92. The number of nitrogens with one attached hydrogen (secondary N) is 1. The molecule has 0 saturated heterocycles. The Hall–Kier alpha value is -3.48. The summed E-state index contributed by atoms with van der Waals surface area (Å²) >= 11 is 0. The van der Waals surface area contributed by atoms with Gasteiger partial charge in [-0.2, -0.15) is 4.39 Å². The Kier molecular flexibility index (Phi) is 5.50. The van der Waals surface area contributed by atoms with E-state index in [9.17, 15) is 23.5 Å². The van der Waals surface area contributed by atoms with E-state index in [1.165, 1.54) is 31.4 Å². The van der Waals surface area contributed by atoms with Crippen LogP contribution in [0.2, 0.25) is 0 Å². The molecule has 150 valence electrons. The predicted molar refractivity (Wildman–Crippen MR) is 104 cm³/mol. The van der Waals surface area contributed by atoms with Gasteiger partial charge in [-0.3, -0.25) is 9.59 Å². The Labute approximate surface area is 163 Å². The van der Waals surface area contributed by atoms with Crippen molar-refractivity contribution in [1.82, 2.24) is 9.13 Å². The number of hydrogen-bond acceptors (Lipinski definition) is 5. The quantitative estimate of drug-likeness (QED) is 0.556. The third kappa shape index (κ3) is 3.63. The summed E-state index contributed by atoms with van der Waals surface area (Å²) in [5.41, 5.74) is -2.03. The summed E-state index contributed by atoms with van der Waals surface area (Å²) in [6, 6.07) is 5.14. The third-order valence-corrected chi connectivity index (χ3v) is 4.48. The first-order valence-electron chi connectivity index (χ1n) is 8.52. The van der Waals surface area contributed by atoms with Crippen LogP contribution in [0.3, 0.4) is 0 Å². The monoisotopic (exact) mass is 401 g/mol. The number of aromatic nitrogens is 2. The van der Waals surface area contributed by atoms with E-state index in [0.717, 1.165) is 15.2 Å². The second kappa shape index (κ2) is 7.87. The number of aliphatic hydroxyl groups is 2. The Bertz CT molecular complexity index is 1260. The first-order valence-corrected chi connectivity index (χ1v) is 8.52. The molecule has 0 saturated carbocycles. The molecule has 0 fully saturated rings. The van der Waals surface area contributed by atoms with Crippen LogP contribution in [0, 0.1) is 24.0 Å². The second-order valence-electron chi connectivity index (χ2n) is 6.39. The van der Waals surface area contributed by atoms with Crippen molar-refractivity contribution in [3.8, 4) is 12.3 Å². The number of pyridine rings is 2. The highest BCUT2D eigenvalue weighted by atomic mass is 19.1. The fraction of sp³-hybridized carbons (Fsp3) is 0.200. The van der Waals surface area contributed by atoms with Crippen LogP contribution in [-0.2, 0) is 13.6 Å². The van der Waals surface area contributed by atoms with E-state index in [0.29, 0.717) is 0 Å². The van der Waals surface area contributed by atoms with Gasteiger partial charge >= 0.3 is 0 Å². The van der Waals surface area contributed by atoms with E-state index in [2.05, 4.69) is 11.2 Å². The SMILES string of the molecule is C#Cc1ccc(Nc2c(F)c(=O)n(C)c3ccn(CC(O)CO)c(=O)c23)c(F)c1. The van der Waals surface area contributed by atoms with Crippen molar-refractivity contribution in [1.29, 1.82) is 0 Å². The van der Waals surface area contributed by atoms with Crippen LogP contribution in [0.4, 0.5) is 20.2 Å². The molecule has 0 aliphatic carbocycles. The number of halogens is 2. The summed E-state index contributed by atoms with van der Waals surface area (Å²) < 4.78 is 31.2. The minimum Gasteiger partial charge on any atom is -0.394 e. The lowest BCUT2D eigenvalue weighted by molar-refractivity contribution is 0.0805. The molecule has 1 aromatic carbocycles. The maximum Gasteiger partial charge on any atom is 0.289 e. The molecular weight excluding hydrogens is 384 g/mol. The van der Waals surface area contributed by atoms with E-state index < -0.39 is 41.2 Å². The fourth-order valence-corrected chi connectivity index (χ4v) is 2.94. The van der Waals surface area contributed by atoms with E-state index in [-0.39, 0.29) is 28.7 Å². The molecule has 0 amide bonds. The zero-order valence-electron chi connectivity index (χ0n) is 15.3. The van der Waals surface area contributed by atoms with Crippen LogP contribution in [0.1, 0.15) is 5.56 Å². The minimum atomic E-state index is -1.27. The standard InChI is InChI=1S/C20H17F2N3O4/c1-3-11-4-5-14(13(21)8-11)23-18-16-15(24(2)20(29)17(18)22)6-7-25(19(16)28)9-12(27)10-26/h1,4-8,12,23,26-27H,9-10H2,2H3. The molecule has 3 aromatic rings. The maximum absolute atomic E-state index is 14.8. The van der Waals surface area contributed by atoms with Crippen molar-refractivity contribution in [2.45, 2.75) is 12.6 Å². The number of benzene rings is 1. The van der Waals surface area contributed by atoms with Crippen molar-refractivity contribution >= 4 is 22.3 Å². The van der Waals surface area contributed by atoms with Gasteiger partial charge in [-0.15, -0.1) is 6.42 Å². The van der Waals surface area contributed by atoms with Crippen LogP contribution in [-0.4, -0.2) is 32.1 Å². The zero-order valence-corrected chi connectivity index (χ0v) is 15.3. The van der Waals surface area contributed by atoms with E-state index in [1.54, 1.807) is 0 Å². The number of aliphatic hydroxyl groups excluding tert-OH is 2. The van der Waals surface area contributed by atoms with Gasteiger partial charge in [0.15, 0.2) is 0 Å². The Morgan fingerprint density at radius 3 is 2.59 bits per heavy atom. The van der Waals surface area contributed by atoms with Gasteiger partial charge in [0.2, 0.25) is 5.82 Å². The van der Waals surface area contributed by atoms with Crippen molar-refractivity contribution in [2.24, 2.45) is 7.05 Å². The van der Waals surface area contributed by atoms with Crippen LogP contribution in [0.5, 0.6) is 0 Å². The number of rotatable bonds is 5. The molecule has 0 aliphatic heterocycles. The van der Waals surface area contributed by atoms with Gasteiger partial charge in [0.25, 0.3) is 11.1 Å². The van der Waals surface area contributed by atoms with E-state index >= 15 is 0 Å². The average Bonchev–Trinajstić information content (AvgIpc) is 2.72. The molecule has 3 rings (SSSR count). The highest BCUT2D eigenvalue weighted by Gasteiger charge is 2.20. The Morgan fingerprint density at radius 1 is 1.24 bits per heavy atom. The highest BCUT2D eigenvalue weighted by Crippen LogP contribution is 2.27. The number of terminal acetylenes is 1. The van der Waals surface area contributed by atoms with Gasteiger partial charge in [-0.25, -0.2) is 4.39 Å². The first kappa shape index (κ1) is 20.3. The number of anilines is 2. The molecule has 2 heterocycles. The Balaban J connectivity index is 2.27. The number of aryl methyl sites for hydroxylation is 1. The van der Waals surface area contributed by atoms with Gasteiger partial charge in [-0.05, 0) is 24.3 Å².